The van der Waals surface area contributed by atoms with Gasteiger partial charge in [0.2, 0.25) is 5.91 Å². The van der Waals surface area contributed by atoms with E-state index < -0.39 is 45.3 Å². The second-order valence-electron chi connectivity index (χ2n) is 6.38. The van der Waals surface area contributed by atoms with E-state index >= 15 is 0 Å². The molecule has 2 fully saturated rings. The number of imide groups is 1. The fraction of sp³-hybridized carbons (Fsp3) is 0.353. The van der Waals surface area contributed by atoms with Crippen molar-refractivity contribution in [1.29, 1.82) is 0 Å². The molecule has 0 radical (unpaired) electrons. The lowest BCUT2D eigenvalue weighted by molar-refractivity contribution is -0.136. The van der Waals surface area contributed by atoms with Crippen molar-refractivity contribution in [2.45, 2.75) is 12.5 Å². The van der Waals surface area contributed by atoms with Crippen LogP contribution < -0.4 is 0 Å². The summed E-state index contributed by atoms with van der Waals surface area (Å²) >= 11 is 0.678. The Morgan fingerprint density at radius 1 is 1.41 bits per heavy atom. The Kier molecular flexibility index (Phi) is 5.38. The fourth-order valence-electron chi connectivity index (χ4n) is 2.92. The van der Waals surface area contributed by atoms with E-state index in [0.29, 0.717) is 23.7 Å². The smallest absolute Gasteiger partial charge is 0.294 e. The standard InChI is InChI=1S/C17H17FN2O5S2/c1-19(13-5-6-27(24,25)10-13)15(21)9-20-16(22)14(26-17(20)23)8-11-3-2-4-12(18)7-11/h2-4,7-8,13H,5-6,9-10H2,1H3/b14-8-/t13-/m1/s1. The Bertz CT molecular complexity index is 944. The van der Waals surface area contributed by atoms with Crippen LogP contribution in [-0.4, -0.2) is 66.4 Å². The van der Waals surface area contributed by atoms with Crippen molar-refractivity contribution in [3.8, 4) is 0 Å². The van der Waals surface area contributed by atoms with Crippen LogP contribution in [0.25, 0.3) is 6.08 Å². The van der Waals surface area contributed by atoms with Gasteiger partial charge in [-0.2, -0.15) is 0 Å². The van der Waals surface area contributed by atoms with E-state index in [1.165, 1.54) is 36.2 Å². The predicted octanol–water partition coefficient (Wildman–Crippen LogP) is 1.51. The molecule has 1 atom stereocenters. The van der Waals surface area contributed by atoms with Crippen LogP contribution >= 0.6 is 11.8 Å². The third-order valence-electron chi connectivity index (χ3n) is 4.46. The van der Waals surface area contributed by atoms with E-state index in [1.807, 2.05) is 0 Å². The number of nitrogens with zero attached hydrogens (tertiary/aromatic N) is 2. The molecule has 0 unspecified atom stereocenters. The summed E-state index contributed by atoms with van der Waals surface area (Å²) in [4.78, 5) is 39.2. The molecule has 2 heterocycles. The van der Waals surface area contributed by atoms with Crippen molar-refractivity contribution < 1.29 is 27.2 Å². The van der Waals surface area contributed by atoms with E-state index in [4.69, 9.17) is 0 Å². The number of thioether (sulfide) groups is 1. The summed E-state index contributed by atoms with van der Waals surface area (Å²) in [6.07, 6.45) is 1.73. The first kappa shape index (κ1) is 19.6. The number of carbonyl (C=O) groups excluding carboxylic acids is 3. The van der Waals surface area contributed by atoms with Gasteiger partial charge in [-0.15, -0.1) is 0 Å². The topological polar surface area (TPSA) is 91.8 Å². The molecule has 2 aliphatic rings. The first-order chi connectivity index (χ1) is 12.7. The lowest BCUT2D eigenvalue weighted by Crippen LogP contribution is -2.45. The number of sulfone groups is 1. The summed E-state index contributed by atoms with van der Waals surface area (Å²) in [5, 5.41) is -0.594. The molecule has 27 heavy (non-hydrogen) atoms. The maximum atomic E-state index is 13.3. The molecule has 7 nitrogen and oxygen atoms in total. The second-order valence-corrected chi connectivity index (χ2v) is 9.61. The first-order valence-electron chi connectivity index (χ1n) is 8.13. The molecule has 0 bridgehead atoms. The quantitative estimate of drug-likeness (QED) is 0.696. The van der Waals surface area contributed by atoms with Gasteiger partial charge in [-0.05, 0) is 42.0 Å². The zero-order valence-electron chi connectivity index (χ0n) is 14.4. The van der Waals surface area contributed by atoms with E-state index in [-0.39, 0.29) is 16.4 Å². The number of rotatable bonds is 4. The molecule has 3 rings (SSSR count). The average Bonchev–Trinajstić information content (AvgIpc) is 3.08. The molecular weight excluding hydrogens is 395 g/mol. The van der Waals surface area contributed by atoms with Gasteiger partial charge in [0, 0.05) is 13.1 Å². The lowest BCUT2D eigenvalue weighted by Gasteiger charge is -2.25. The Morgan fingerprint density at radius 2 is 2.15 bits per heavy atom. The second kappa shape index (κ2) is 7.43. The highest BCUT2D eigenvalue weighted by Gasteiger charge is 2.39. The number of carbonyl (C=O) groups is 3. The summed E-state index contributed by atoms with van der Waals surface area (Å²) in [6, 6.07) is 5.12. The average molecular weight is 412 g/mol. The number of hydrogen-bond acceptors (Lipinski definition) is 6. The van der Waals surface area contributed by atoms with Gasteiger partial charge < -0.3 is 4.90 Å². The maximum absolute atomic E-state index is 13.3. The van der Waals surface area contributed by atoms with Gasteiger partial charge in [0.05, 0.1) is 16.4 Å². The van der Waals surface area contributed by atoms with Crippen LogP contribution in [0.5, 0.6) is 0 Å². The lowest BCUT2D eigenvalue weighted by atomic mass is 10.2. The van der Waals surface area contributed by atoms with Gasteiger partial charge in [-0.1, -0.05) is 12.1 Å². The van der Waals surface area contributed by atoms with Gasteiger partial charge in [0.15, 0.2) is 9.84 Å². The summed E-state index contributed by atoms with van der Waals surface area (Å²) in [7, 11) is -1.69. The van der Waals surface area contributed by atoms with Crippen LogP contribution in [-0.2, 0) is 19.4 Å². The Labute approximate surface area is 160 Å². The van der Waals surface area contributed by atoms with Crippen molar-refractivity contribution in [1.82, 2.24) is 9.80 Å². The number of amides is 3. The molecule has 144 valence electrons. The molecule has 0 saturated carbocycles. The van der Waals surface area contributed by atoms with Crippen molar-refractivity contribution in [2.24, 2.45) is 0 Å². The zero-order valence-corrected chi connectivity index (χ0v) is 16.1. The summed E-state index contributed by atoms with van der Waals surface area (Å²) in [6.45, 7) is -0.460. The molecule has 0 N–H and O–H groups in total. The molecule has 1 aromatic rings. The van der Waals surface area contributed by atoms with Crippen LogP contribution in [0.15, 0.2) is 29.2 Å². The van der Waals surface area contributed by atoms with Gasteiger partial charge in [-0.3, -0.25) is 19.3 Å². The largest absolute Gasteiger partial charge is 0.340 e. The number of benzene rings is 1. The van der Waals surface area contributed by atoms with Gasteiger partial charge >= 0.3 is 0 Å². The monoisotopic (exact) mass is 412 g/mol. The van der Waals surface area contributed by atoms with E-state index in [0.717, 1.165) is 4.90 Å². The minimum Gasteiger partial charge on any atom is -0.340 e. The SMILES string of the molecule is CN(C(=O)CN1C(=O)S/C(=C\c2cccc(F)c2)C1=O)[C@@H]1CCS(=O)(=O)C1. The van der Waals surface area contributed by atoms with Crippen LogP contribution in [0, 0.1) is 5.82 Å². The number of likely N-dealkylation sites (N-methyl/N-ethyl adjacent to an activating group) is 1. The van der Waals surface area contributed by atoms with Crippen molar-refractivity contribution in [3.05, 3.63) is 40.6 Å². The third kappa shape index (κ3) is 4.38. The van der Waals surface area contributed by atoms with E-state index in [2.05, 4.69) is 0 Å². The summed E-state index contributed by atoms with van der Waals surface area (Å²) < 4.78 is 36.4. The van der Waals surface area contributed by atoms with Gasteiger partial charge in [-0.25, -0.2) is 12.8 Å². The Hall–Kier alpha value is -2.20. The zero-order chi connectivity index (χ0) is 19.8. The van der Waals surface area contributed by atoms with Gasteiger partial charge in [0.25, 0.3) is 11.1 Å². The maximum Gasteiger partial charge on any atom is 0.294 e. The molecule has 0 spiro atoms. The van der Waals surface area contributed by atoms with Crippen LogP contribution in [0.3, 0.4) is 0 Å². The number of hydrogen-bond donors (Lipinski definition) is 0. The Morgan fingerprint density at radius 3 is 2.78 bits per heavy atom. The van der Waals surface area contributed by atoms with Crippen LogP contribution in [0.4, 0.5) is 9.18 Å². The first-order valence-corrected chi connectivity index (χ1v) is 10.8. The number of halogens is 1. The molecule has 1 aromatic carbocycles. The van der Waals surface area contributed by atoms with Crippen molar-refractivity contribution in [3.63, 3.8) is 0 Å². The molecule has 3 amide bonds. The fourth-order valence-corrected chi connectivity index (χ4v) is 5.53. The van der Waals surface area contributed by atoms with Crippen molar-refractivity contribution in [2.75, 3.05) is 25.1 Å². The molecule has 2 aliphatic heterocycles. The molecule has 0 aromatic heterocycles. The minimum atomic E-state index is -3.15. The van der Waals surface area contributed by atoms with Crippen molar-refractivity contribution >= 4 is 44.7 Å². The normalized spacial score (nSPS) is 23.3. The van der Waals surface area contributed by atoms with Gasteiger partial charge in [0.1, 0.15) is 12.4 Å². The van der Waals surface area contributed by atoms with Crippen LogP contribution in [0.2, 0.25) is 0 Å². The molecular formula is C17H17FN2O5S2. The highest BCUT2D eigenvalue weighted by molar-refractivity contribution is 8.18. The highest BCUT2D eigenvalue weighted by Crippen LogP contribution is 2.32. The molecule has 2 saturated heterocycles. The summed E-state index contributed by atoms with van der Waals surface area (Å²) in [5.74, 6) is -1.70. The predicted molar refractivity (Wildman–Crippen MR) is 98.9 cm³/mol. The van der Waals surface area contributed by atoms with Crippen LogP contribution in [0.1, 0.15) is 12.0 Å². The highest BCUT2D eigenvalue weighted by atomic mass is 32.2. The molecule has 10 heteroatoms. The van der Waals surface area contributed by atoms with E-state index in [1.54, 1.807) is 6.07 Å². The minimum absolute atomic E-state index is 0.0211. The molecule has 0 aliphatic carbocycles. The van der Waals surface area contributed by atoms with E-state index in [9.17, 15) is 27.2 Å². The third-order valence-corrected chi connectivity index (χ3v) is 7.12. The Balaban J connectivity index is 1.69. The summed E-state index contributed by atoms with van der Waals surface area (Å²) in [5.41, 5.74) is 0.431.